The van der Waals surface area contributed by atoms with Crippen LogP contribution in [0.2, 0.25) is 0 Å². The fraction of sp³-hybridized carbons (Fsp3) is 0.533. The van der Waals surface area contributed by atoms with E-state index in [0.29, 0.717) is 24.4 Å². The highest BCUT2D eigenvalue weighted by Gasteiger charge is 2.21. The lowest BCUT2D eigenvalue weighted by Crippen LogP contribution is -2.11. The van der Waals surface area contributed by atoms with E-state index >= 15 is 0 Å². The van der Waals surface area contributed by atoms with Crippen molar-refractivity contribution in [2.24, 2.45) is 5.92 Å². The highest BCUT2D eigenvalue weighted by molar-refractivity contribution is 6.17. The van der Waals surface area contributed by atoms with Gasteiger partial charge in [-0.3, -0.25) is 0 Å². The monoisotopic (exact) mass is 296 g/mol. The van der Waals surface area contributed by atoms with Gasteiger partial charge in [0.15, 0.2) is 0 Å². The average molecular weight is 297 g/mol. The fourth-order valence-corrected chi connectivity index (χ4v) is 2.54. The molecule has 0 amide bonds. The summed E-state index contributed by atoms with van der Waals surface area (Å²) in [5, 5.41) is 0. The van der Waals surface area contributed by atoms with E-state index in [-0.39, 0.29) is 5.82 Å². The van der Waals surface area contributed by atoms with E-state index in [1.807, 2.05) is 0 Å². The number of halogens is 2. The second-order valence-corrected chi connectivity index (χ2v) is 5.65. The predicted octanol–water partition coefficient (Wildman–Crippen LogP) is 3.38. The Hall–Kier alpha value is -1.13. The number of nitrogens with zero attached hydrogens (tertiary/aromatic N) is 2. The maximum Gasteiger partial charge on any atom is 0.125 e. The molecule has 3 rings (SSSR count). The van der Waals surface area contributed by atoms with Gasteiger partial charge in [-0.15, -0.1) is 11.6 Å². The van der Waals surface area contributed by atoms with Crippen LogP contribution in [0, 0.1) is 11.7 Å². The first-order chi connectivity index (χ1) is 9.78. The molecule has 1 aliphatic rings. The normalized spacial score (nSPS) is 15.1. The van der Waals surface area contributed by atoms with E-state index in [0.717, 1.165) is 30.4 Å². The van der Waals surface area contributed by atoms with Gasteiger partial charge in [-0.2, -0.15) is 0 Å². The van der Waals surface area contributed by atoms with Crippen molar-refractivity contribution in [3.05, 3.63) is 29.8 Å². The first-order valence-electron chi connectivity index (χ1n) is 7.06. The van der Waals surface area contributed by atoms with Crippen molar-refractivity contribution in [2.75, 3.05) is 19.1 Å². The molecule has 0 spiro atoms. The summed E-state index contributed by atoms with van der Waals surface area (Å²) in [5.41, 5.74) is 1.63. The Bertz CT molecular complexity index is 595. The van der Waals surface area contributed by atoms with Gasteiger partial charge in [-0.05, 0) is 30.9 Å². The molecule has 0 aliphatic heterocycles. The van der Waals surface area contributed by atoms with Crippen LogP contribution in [0.15, 0.2) is 18.2 Å². The largest absolute Gasteiger partial charge is 0.379 e. The number of hydrogen-bond donors (Lipinski definition) is 0. The van der Waals surface area contributed by atoms with E-state index in [1.54, 1.807) is 6.07 Å². The lowest BCUT2D eigenvalue weighted by atomic mass is 10.3. The topological polar surface area (TPSA) is 27.1 Å². The zero-order valence-corrected chi connectivity index (χ0v) is 12.1. The first kappa shape index (κ1) is 13.8. The molecular weight excluding hydrogens is 279 g/mol. The molecule has 5 heteroatoms. The van der Waals surface area contributed by atoms with Gasteiger partial charge in [0, 0.05) is 31.5 Å². The smallest absolute Gasteiger partial charge is 0.125 e. The van der Waals surface area contributed by atoms with Gasteiger partial charge >= 0.3 is 0 Å². The molecular formula is C15H18ClFN2O. The molecule has 1 saturated carbocycles. The number of fused-ring (bicyclic) bond motifs is 1. The van der Waals surface area contributed by atoms with Crippen LogP contribution in [0.3, 0.4) is 0 Å². The molecule has 20 heavy (non-hydrogen) atoms. The molecule has 0 N–H and O–H groups in total. The van der Waals surface area contributed by atoms with E-state index in [9.17, 15) is 4.39 Å². The number of ether oxygens (including phenoxy) is 1. The molecule has 0 radical (unpaired) electrons. The summed E-state index contributed by atoms with van der Waals surface area (Å²) >= 11 is 5.82. The van der Waals surface area contributed by atoms with Crippen LogP contribution < -0.4 is 0 Å². The quantitative estimate of drug-likeness (QED) is 0.578. The summed E-state index contributed by atoms with van der Waals surface area (Å²) in [6, 6.07) is 4.71. The minimum Gasteiger partial charge on any atom is -0.379 e. The van der Waals surface area contributed by atoms with Gasteiger partial charge in [-0.1, -0.05) is 0 Å². The lowest BCUT2D eigenvalue weighted by molar-refractivity contribution is 0.117. The zero-order valence-electron chi connectivity index (χ0n) is 11.3. The summed E-state index contributed by atoms with van der Waals surface area (Å²) in [6.45, 7) is 2.25. The molecule has 0 saturated heterocycles. The SMILES string of the molecule is Fc1ccc2c(c1)nc(CCCl)n2CCOCC1CC1. The van der Waals surface area contributed by atoms with E-state index in [1.165, 1.54) is 25.0 Å². The Morgan fingerprint density at radius 1 is 1.40 bits per heavy atom. The number of aromatic nitrogens is 2. The lowest BCUT2D eigenvalue weighted by Gasteiger charge is -2.09. The van der Waals surface area contributed by atoms with Crippen LogP contribution in [0.25, 0.3) is 11.0 Å². The Morgan fingerprint density at radius 2 is 2.25 bits per heavy atom. The molecule has 0 atom stereocenters. The Morgan fingerprint density at radius 3 is 3.00 bits per heavy atom. The minimum atomic E-state index is -0.260. The molecule has 1 aliphatic carbocycles. The number of aryl methyl sites for hydroxylation is 1. The Kier molecular flexibility index (Phi) is 4.22. The molecule has 1 heterocycles. The number of benzene rings is 1. The maximum atomic E-state index is 13.3. The van der Waals surface area contributed by atoms with Crippen LogP contribution in [0.4, 0.5) is 4.39 Å². The predicted molar refractivity (Wildman–Crippen MR) is 77.7 cm³/mol. The molecule has 1 fully saturated rings. The third-order valence-electron chi connectivity index (χ3n) is 3.62. The summed E-state index contributed by atoms with van der Waals surface area (Å²) in [4.78, 5) is 4.47. The van der Waals surface area contributed by atoms with Crippen LogP contribution in [0.5, 0.6) is 0 Å². The summed E-state index contributed by atoms with van der Waals surface area (Å²) < 4.78 is 21.0. The Labute approximate surface area is 122 Å². The van der Waals surface area contributed by atoms with Gasteiger partial charge in [0.1, 0.15) is 11.6 Å². The van der Waals surface area contributed by atoms with Crippen LogP contribution in [-0.2, 0) is 17.7 Å². The molecule has 108 valence electrons. The fourth-order valence-electron chi connectivity index (χ4n) is 2.37. The summed E-state index contributed by atoms with van der Waals surface area (Å²) in [7, 11) is 0. The van der Waals surface area contributed by atoms with Gasteiger partial charge in [0.05, 0.1) is 17.6 Å². The van der Waals surface area contributed by atoms with Crippen molar-refractivity contribution in [1.29, 1.82) is 0 Å². The van der Waals surface area contributed by atoms with Crippen molar-refractivity contribution in [2.45, 2.75) is 25.8 Å². The average Bonchev–Trinajstić information content (AvgIpc) is 3.19. The summed E-state index contributed by atoms with van der Waals surface area (Å²) in [5.74, 6) is 1.92. The molecule has 0 bridgehead atoms. The molecule has 2 aromatic rings. The van der Waals surface area contributed by atoms with E-state index < -0.39 is 0 Å². The highest BCUT2D eigenvalue weighted by Crippen LogP contribution is 2.28. The minimum absolute atomic E-state index is 0.260. The van der Waals surface area contributed by atoms with Crippen molar-refractivity contribution in [1.82, 2.24) is 9.55 Å². The van der Waals surface area contributed by atoms with Gasteiger partial charge in [-0.25, -0.2) is 9.37 Å². The molecule has 0 unspecified atom stereocenters. The Balaban J connectivity index is 1.76. The van der Waals surface area contributed by atoms with Crippen molar-refractivity contribution in [3.8, 4) is 0 Å². The van der Waals surface area contributed by atoms with Crippen LogP contribution in [0.1, 0.15) is 18.7 Å². The number of alkyl halides is 1. The standard InChI is InChI=1S/C15H18ClFN2O/c16-6-5-15-18-13-9-12(17)3-4-14(13)19(15)7-8-20-10-11-1-2-11/h3-4,9,11H,1-2,5-8,10H2. The second-order valence-electron chi connectivity index (χ2n) is 5.27. The third-order valence-corrected chi connectivity index (χ3v) is 3.81. The summed E-state index contributed by atoms with van der Waals surface area (Å²) in [6.07, 6.45) is 3.27. The highest BCUT2D eigenvalue weighted by atomic mass is 35.5. The van der Waals surface area contributed by atoms with Crippen molar-refractivity contribution < 1.29 is 9.13 Å². The van der Waals surface area contributed by atoms with Gasteiger partial charge in [0.2, 0.25) is 0 Å². The number of imidazole rings is 1. The van der Waals surface area contributed by atoms with Crippen molar-refractivity contribution in [3.63, 3.8) is 0 Å². The third kappa shape index (κ3) is 3.13. The zero-order chi connectivity index (χ0) is 13.9. The van der Waals surface area contributed by atoms with E-state index in [4.69, 9.17) is 16.3 Å². The van der Waals surface area contributed by atoms with E-state index in [2.05, 4.69) is 9.55 Å². The van der Waals surface area contributed by atoms with Crippen molar-refractivity contribution >= 4 is 22.6 Å². The molecule has 1 aromatic heterocycles. The number of rotatable bonds is 7. The maximum absolute atomic E-state index is 13.3. The first-order valence-corrected chi connectivity index (χ1v) is 7.60. The van der Waals surface area contributed by atoms with Gasteiger partial charge in [0.25, 0.3) is 0 Å². The van der Waals surface area contributed by atoms with Crippen LogP contribution in [-0.4, -0.2) is 28.6 Å². The number of hydrogen-bond acceptors (Lipinski definition) is 2. The second kappa shape index (κ2) is 6.10. The van der Waals surface area contributed by atoms with Gasteiger partial charge < -0.3 is 9.30 Å². The van der Waals surface area contributed by atoms with Crippen LogP contribution >= 0.6 is 11.6 Å². The molecule has 1 aromatic carbocycles. The molecule has 3 nitrogen and oxygen atoms in total.